The topological polar surface area (TPSA) is 118 Å². The average Bonchev–Trinajstić information content (AvgIpc) is 3.32. The summed E-state index contributed by atoms with van der Waals surface area (Å²) in [6.07, 6.45) is 0. The van der Waals surface area contributed by atoms with Crippen molar-refractivity contribution < 1.29 is 28.5 Å². The number of methoxy groups -OCH3 is 3. The van der Waals surface area contributed by atoms with Crippen molar-refractivity contribution in [1.82, 2.24) is 9.78 Å². The van der Waals surface area contributed by atoms with Gasteiger partial charge in [0.05, 0.1) is 44.6 Å². The van der Waals surface area contributed by atoms with E-state index in [1.807, 2.05) is 0 Å². The zero-order chi connectivity index (χ0) is 25.8. The molecule has 11 heteroatoms. The van der Waals surface area contributed by atoms with Crippen LogP contribution in [0.3, 0.4) is 0 Å². The smallest absolute Gasteiger partial charge is 0.359 e. The highest BCUT2D eigenvalue weighted by Crippen LogP contribution is 2.34. The van der Waals surface area contributed by atoms with Gasteiger partial charge in [0.1, 0.15) is 10.8 Å². The lowest BCUT2D eigenvalue weighted by Gasteiger charge is -2.13. The maximum absolute atomic E-state index is 13.6. The van der Waals surface area contributed by atoms with Gasteiger partial charge in [-0.3, -0.25) is 9.59 Å². The maximum atomic E-state index is 13.6. The molecule has 0 saturated heterocycles. The highest BCUT2D eigenvalue weighted by atomic mass is 32.1. The number of benzene rings is 2. The summed E-state index contributed by atoms with van der Waals surface area (Å²) in [7, 11) is 4.40. The monoisotopic (exact) mass is 509 g/mol. The molecule has 0 aliphatic carbocycles. The molecule has 0 aliphatic heterocycles. The van der Waals surface area contributed by atoms with E-state index in [2.05, 4.69) is 10.4 Å². The van der Waals surface area contributed by atoms with Crippen molar-refractivity contribution >= 4 is 39.0 Å². The highest BCUT2D eigenvalue weighted by molar-refractivity contribution is 7.16. The Morgan fingerprint density at radius 3 is 2.53 bits per heavy atom. The zero-order valence-electron chi connectivity index (χ0n) is 20.0. The van der Waals surface area contributed by atoms with Gasteiger partial charge in [-0.15, -0.1) is 11.3 Å². The van der Waals surface area contributed by atoms with E-state index in [4.69, 9.17) is 18.9 Å². The van der Waals surface area contributed by atoms with Crippen molar-refractivity contribution in [1.29, 1.82) is 0 Å². The standard InChI is InChI=1S/C25H23N3O7S/c1-5-35-25(31)20-17-13-36-23(26-22(29)16-10-7-11-18(33-3)21(16)34-4)19(17)24(30)28(27-20)14-8-6-9-15(12-14)32-2/h6-13H,5H2,1-4H3,(H,26,29). The van der Waals surface area contributed by atoms with Crippen LogP contribution in [0.25, 0.3) is 16.5 Å². The Morgan fingerprint density at radius 1 is 1.06 bits per heavy atom. The minimum atomic E-state index is -0.690. The second-order valence-electron chi connectivity index (χ2n) is 7.34. The molecule has 2 aromatic carbocycles. The fraction of sp³-hybridized carbons (Fsp3) is 0.200. The third-order valence-electron chi connectivity index (χ3n) is 5.29. The third kappa shape index (κ3) is 4.48. The van der Waals surface area contributed by atoms with Crippen LogP contribution in [-0.2, 0) is 4.74 Å². The first-order valence-corrected chi connectivity index (χ1v) is 11.7. The van der Waals surface area contributed by atoms with Gasteiger partial charge in [0.15, 0.2) is 17.2 Å². The maximum Gasteiger partial charge on any atom is 0.359 e. The minimum Gasteiger partial charge on any atom is -0.497 e. The number of para-hydroxylation sites is 1. The van der Waals surface area contributed by atoms with E-state index < -0.39 is 17.4 Å². The number of ether oxygens (including phenoxy) is 4. The molecule has 10 nitrogen and oxygen atoms in total. The van der Waals surface area contributed by atoms with E-state index in [1.54, 1.807) is 54.8 Å². The summed E-state index contributed by atoms with van der Waals surface area (Å²) in [5, 5.41) is 9.30. The number of carbonyl (C=O) groups is 2. The van der Waals surface area contributed by atoms with Crippen molar-refractivity contribution in [3.63, 3.8) is 0 Å². The van der Waals surface area contributed by atoms with Crippen LogP contribution in [0.2, 0.25) is 0 Å². The summed E-state index contributed by atoms with van der Waals surface area (Å²) in [5.74, 6) is -0.0695. The van der Waals surface area contributed by atoms with Gasteiger partial charge >= 0.3 is 5.97 Å². The molecular formula is C25H23N3O7S. The molecule has 0 fully saturated rings. The number of nitrogens with one attached hydrogen (secondary N) is 1. The lowest BCUT2D eigenvalue weighted by Crippen LogP contribution is -2.25. The normalized spacial score (nSPS) is 10.7. The number of fused-ring (bicyclic) bond motifs is 1. The quantitative estimate of drug-likeness (QED) is 0.355. The molecule has 0 unspecified atom stereocenters. The van der Waals surface area contributed by atoms with Gasteiger partial charge in [0.25, 0.3) is 11.5 Å². The number of hydrogen-bond acceptors (Lipinski definition) is 9. The number of anilines is 1. The van der Waals surface area contributed by atoms with E-state index in [0.717, 1.165) is 16.0 Å². The van der Waals surface area contributed by atoms with E-state index in [1.165, 1.54) is 21.3 Å². The van der Waals surface area contributed by atoms with E-state index in [-0.39, 0.29) is 39.4 Å². The van der Waals surface area contributed by atoms with Crippen LogP contribution in [0.5, 0.6) is 17.2 Å². The molecule has 0 aliphatic rings. The molecule has 186 valence electrons. The highest BCUT2D eigenvalue weighted by Gasteiger charge is 2.24. The number of thiophene rings is 1. The SMILES string of the molecule is CCOC(=O)c1nn(-c2cccc(OC)c2)c(=O)c2c(NC(=O)c3cccc(OC)c3OC)scc12. The Balaban J connectivity index is 1.88. The van der Waals surface area contributed by atoms with Crippen molar-refractivity contribution in [2.45, 2.75) is 6.92 Å². The molecule has 4 aromatic rings. The second kappa shape index (κ2) is 10.5. The molecule has 2 heterocycles. The summed E-state index contributed by atoms with van der Waals surface area (Å²) < 4.78 is 22.2. The first-order valence-electron chi connectivity index (χ1n) is 10.8. The van der Waals surface area contributed by atoms with Crippen molar-refractivity contribution in [2.75, 3.05) is 33.3 Å². The number of hydrogen-bond donors (Lipinski definition) is 1. The fourth-order valence-electron chi connectivity index (χ4n) is 3.65. The fourth-order valence-corrected chi connectivity index (χ4v) is 4.58. The Hall–Kier alpha value is -4.38. The Bertz CT molecular complexity index is 1510. The molecule has 1 amide bonds. The summed E-state index contributed by atoms with van der Waals surface area (Å²) >= 11 is 1.09. The van der Waals surface area contributed by atoms with Gasteiger partial charge in [-0.1, -0.05) is 12.1 Å². The lowest BCUT2D eigenvalue weighted by molar-refractivity contribution is 0.0520. The van der Waals surface area contributed by atoms with Gasteiger partial charge in [-0.05, 0) is 31.2 Å². The number of aromatic nitrogens is 2. The van der Waals surface area contributed by atoms with Crippen LogP contribution in [0.15, 0.2) is 52.6 Å². The first kappa shape index (κ1) is 24.7. The molecule has 0 atom stereocenters. The van der Waals surface area contributed by atoms with Crippen molar-refractivity contribution in [2.24, 2.45) is 0 Å². The molecule has 1 N–H and O–H groups in total. The van der Waals surface area contributed by atoms with Gasteiger partial charge in [0, 0.05) is 16.8 Å². The van der Waals surface area contributed by atoms with Gasteiger partial charge in [-0.25, -0.2) is 4.79 Å². The molecule has 2 aromatic heterocycles. The first-order chi connectivity index (χ1) is 17.4. The third-order valence-corrected chi connectivity index (χ3v) is 6.19. The Labute approximate surface area is 210 Å². The minimum absolute atomic E-state index is 0.0509. The van der Waals surface area contributed by atoms with Crippen LogP contribution in [0.1, 0.15) is 27.8 Å². The summed E-state index contributed by atoms with van der Waals surface area (Å²) in [5.41, 5.74) is 0.0152. The largest absolute Gasteiger partial charge is 0.497 e. The predicted octanol–water partition coefficient (Wildman–Crippen LogP) is 3.90. The van der Waals surface area contributed by atoms with E-state index in [9.17, 15) is 14.4 Å². The summed E-state index contributed by atoms with van der Waals surface area (Å²) in [6.45, 7) is 1.80. The zero-order valence-corrected chi connectivity index (χ0v) is 20.8. The molecule has 4 rings (SSSR count). The van der Waals surface area contributed by atoms with Gasteiger partial charge in [0.2, 0.25) is 0 Å². The molecule has 0 radical (unpaired) electrons. The number of esters is 1. The van der Waals surface area contributed by atoms with E-state index >= 15 is 0 Å². The lowest BCUT2D eigenvalue weighted by atomic mass is 10.1. The van der Waals surface area contributed by atoms with Gasteiger partial charge in [-0.2, -0.15) is 9.78 Å². The number of rotatable bonds is 8. The van der Waals surface area contributed by atoms with Crippen LogP contribution in [0, 0.1) is 0 Å². The Morgan fingerprint density at radius 2 is 1.83 bits per heavy atom. The molecule has 0 spiro atoms. The predicted molar refractivity (Wildman–Crippen MR) is 135 cm³/mol. The number of nitrogens with zero attached hydrogens (tertiary/aromatic N) is 2. The Kier molecular flexibility index (Phi) is 7.20. The number of amides is 1. The van der Waals surface area contributed by atoms with Gasteiger partial charge < -0.3 is 24.3 Å². The van der Waals surface area contributed by atoms with Crippen LogP contribution >= 0.6 is 11.3 Å². The van der Waals surface area contributed by atoms with Crippen molar-refractivity contribution in [3.05, 3.63) is 69.5 Å². The van der Waals surface area contributed by atoms with E-state index in [0.29, 0.717) is 17.2 Å². The summed E-state index contributed by atoms with van der Waals surface area (Å²) in [6, 6.07) is 11.6. The molecular weight excluding hydrogens is 486 g/mol. The average molecular weight is 510 g/mol. The molecule has 0 saturated carbocycles. The molecule has 0 bridgehead atoms. The molecule has 36 heavy (non-hydrogen) atoms. The van der Waals surface area contributed by atoms with Crippen LogP contribution in [0.4, 0.5) is 5.00 Å². The van der Waals surface area contributed by atoms with Crippen molar-refractivity contribution in [3.8, 4) is 22.9 Å². The number of carbonyl (C=O) groups excluding carboxylic acids is 2. The van der Waals surface area contributed by atoms with Crippen LogP contribution in [-0.4, -0.2) is 49.6 Å². The second-order valence-corrected chi connectivity index (χ2v) is 8.22. The van der Waals surface area contributed by atoms with Crippen LogP contribution < -0.4 is 25.1 Å². The summed E-state index contributed by atoms with van der Waals surface area (Å²) in [4.78, 5) is 39.6.